The van der Waals surface area contributed by atoms with Crippen LogP contribution in [0, 0.1) is 11.7 Å². The fourth-order valence-corrected chi connectivity index (χ4v) is 4.98. The Kier molecular flexibility index (Phi) is 6.58. The lowest BCUT2D eigenvalue weighted by atomic mass is 9.79. The molecule has 32 heavy (non-hydrogen) atoms. The molecule has 2 N–H and O–H groups in total. The number of alkyl halides is 2. The van der Waals surface area contributed by atoms with Crippen LogP contribution < -0.4 is 5.32 Å². The van der Waals surface area contributed by atoms with E-state index in [0.29, 0.717) is 38.0 Å². The number of hydrogen-bond acceptors (Lipinski definition) is 3. The van der Waals surface area contributed by atoms with Gasteiger partial charge in [-0.3, -0.25) is 9.69 Å². The van der Waals surface area contributed by atoms with Crippen molar-refractivity contribution in [3.05, 3.63) is 71.5 Å². The summed E-state index contributed by atoms with van der Waals surface area (Å²) in [5.74, 6) is -4.57. The predicted molar refractivity (Wildman–Crippen MR) is 115 cm³/mol. The van der Waals surface area contributed by atoms with Gasteiger partial charge in [0.05, 0.1) is 0 Å². The van der Waals surface area contributed by atoms with Gasteiger partial charge >= 0.3 is 0 Å². The van der Waals surface area contributed by atoms with Crippen LogP contribution in [0.3, 0.4) is 0 Å². The number of benzene rings is 2. The van der Waals surface area contributed by atoms with E-state index >= 15 is 0 Å². The Morgan fingerprint density at radius 1 is 1.09 bits per heavy atom. The Balaban J connectivity index is 1.41. The second-order valence-electron chi connectivity index (χ2n) is 9.08. The minimum Gasteiger partial charge on any atom is -0.375 e. The number of carbonyl (C=O) groups excluding carboxylic acids is 1. The lowest BCUT2D eigenvalue weighted by Gasteiger charge is -2.37. The average Bonchev–Trinajstić information content (AvgIpc) is 3.15. The molecule has 2 atom stereocenters. The number of nitrogens with zero attached hydrogens (tertiary/aromatic N) is 1. The molecule has 1 saturated carbocycles. The molecule has 7 heteroatoms. The largest absolute Gasteiger partial charge is 0.375 e. The van der Waals surface area contributed by atoms with E-state index in [9.17, 15) is 23.1 Å². The van der Waals surface area contributed by atoms with Gasteiger partial charge in [0.2, 0.25) is 5.92 Å². The highest BCUT2D eigenvalue weighted by Crippen LogP contribution is 2.47. The molecule has 1 unspecified atom stereocenters. The van der Waals surface area contributed by atoms with Crippen molar-refractivity contribution in [1.29, 1.82) is 0 Å². The molecule has 0 bridgehead atoms. The summed E-state index contributed by atoms with van der Waals surface area (Å²) >= 11 is 0. The summed E-state index contributed by atoms with van der Waals surface area (Å²) in [6, 6.07) is 14.8. The van der Waals surface area contributed by atoms with Crippen LogP contribution in [-0.2, 0) is 16.9 Å². The maximum atomic E-state index is 13.9. The summed E-state index contributed by atoms with van der Waals surface area (Å²) < 4.78 is 41.3. The van der Waals surface area contributed by atoms with E-state index in [1.54, 1.807) is 36.4 Å². The summed E-state index contributed by atoms with van der Waals surface area (Å²) in [5.41, 5.74) is -0.739. The third-order valence-corrected chi connectivity index (χ3v) is 6.77. The minimum atomic E-state index is -2.87. The molecule has 0 radical (unpaired) electrons. The first-order valence-electron chi connectivity index (χ1n) is 11.2. The molecule has 4 nitrogen and oxygen atoms in total. The summed E-state index contributed by atoms with van der Waals surface area (Å²) in [7, 11) is 0. The van der Waals surface area contributed by atoms with E-state index < -0.39 is 29.8 Å². The Bertz CT molecular complexity index is 932. The van der Waals surface area contributed by atoms with Gasteiger partial charge in [0, 0.05) is 44.4 Å². The van der Waals surface area contributed by atoms with Crippen LogP contribution in [0.2, 0.25) is 0 Å². The van der Waals surface area contributed by atoms with Gasteiger partial charge in [-0.25, -0.2) is 13.2 Å². The quantitative estimate of drug-likeness (QED) is 0.698. The molecule has 4 rings (SSSR count). The van der Waals surface area contributed by atoms with Gasteiger partial charge in [0.15, 0.2) is 5.60 Å². The topological polar surface area (TPSA) is 52.6 Å². The molecule has 1 aliphatic heterocycles. The van der Waals surface area contributed by atoms with Crippen LogP contribution in [0.1, 0.15) is 43.2 Å². The summed E-state index contributed by atoms with van der Waals surface area (Å²) in [6.07, 6.45) is 0.619. The van der Waals surface area contributed by atoms with Crippen molar-refractivity contribution in [2.45, 2.75) is 56.2 Å². The van der Waals surface area contributed by atoms with Crippen molar-refractivity contribution >= 4 is 5.91 Å². The van der Waals surface area contributed by atoms with Gasteiger partial charge in [-0.2, -0.15) is 0 Å². The molecule has 1 saturated heterocycles. The molecule has 0 spiro atoms. The van der Waals surface area contributed by atoms with Gasteiger partial charge in [-0.05, 0) is 42.5 Å². The fourth-order valence-electron chi connectivity index (χ4n) is 4.98. The molecule has 1 aliphatic carbocycles. The van der Waals surface area contributed by atoms with E-state index in [-0.39, 0.29) is 24.7 Å². The fraction of sp³-hybridized carbons (Fsp3) is 0.480. The third kappa shape index (κ3) is 4.99. The highest BCUT2D eigenvalue weighted by Gasteiger charge is 2.53. The van der Waals surface area contributed by atoms with Crippen LogP contribution in [0.15, 0.2) is 54.6 Å². The Labute approximate surface area is 186 Å². The molecular weight excluding hydrogens is 417 g/mol. The highest BCUT2D eigenvalue weighted by molar-refractivity contribution is 5.87. The van der Waals surface area contributed by atoms with E-state index in [2.05, 4.69) is 10.2 Å². The average molecular weight is 447 g/mol. The maximum Gasteiger partial charge on any atom is 0.257 e. The van der Waals surface area contributed by atoms with Gasteiger partial charge in [0.25, 0.3) is 5.91 Å². The number of halogens is 3. The number of carbonyl (C=O) groups is 1. The van der Waals surface area contributed by atoms with Gasteiger partial charge in [0.1, 0.15) is 5.82 Å². The van der Waals surface area contributed by atoms with Crippen molar-refractivity contribution in [1.82, 2.24) is 10.2 Å². The summed E-state index contributed by atoms with van der Waals surface area (Å²) in [4.78, 5) is 15.5. The smallest absolute Gasteiger partial charge is 0.257 e. The van der Waals surface area contributed by atoms with Crippen molar-refractivity contribution in [3.63, 3.8) is 0 Å². The summed E-state index contributed by atoms with van der Waals surface area (Å²) in [5, 5.41) is 14.4. The first-order valence-corrected chi connectivity index (χ1v) is 11.2. The van der Waals surface area contributed by atoms with Crippen LogP contribution in [-0.4, -0.2) is 41.0 Å². The lowest BCUT2D eigenvalue weighted by molar-refractivity contribution is -0.149. The number of likely N-dealkylation sites (tertiary alicyclic amines) is 1. The minimum absolute atomic E-state index is 0.0951. The Morgan fingerprint density at radius 2 is 1.81 bits per heavy atom. The highest BCUT2D eigenvalue weighted by atomic mass is 19.3. The second-order valence-corrected chi connectivity index (χ2v) is 9.08. The van der Waals surface area contributed by atoms with Crippen LogP contribution >= 0.6 is 0 Å². The van der Waals surface area contributed by atoms with E-state index in [0.717, 1.165) is 5.56 Å². The standard InChI is InChI=1S/C25H29F3N2O2/c26-21-8-4-5-18(15-21)17-30-13-10-22(11-14-30)29-23(31)25(32,19-6-2-1-3-7-19)20-9-12-24(27,28)16-20/h1-8,15,20,22,32H,9-14,16-17H2,(H,29,31)/t20-,25?/m1/s1. The number of amides is 1. The zero-order valence-corrected chi connectivity index (χ0v) is 17.9. The summed E-state index contributed by atoms with van der Waals surface area (Å²) in [6.45, 7) is 2.06. The molecule has 1 amide bonds. The lowest BCUT2D eigenvalue weighted by Crippen LogP contribution is -2.54. The number of piperidine rings is 1. The third-order valence-electron chi connectivity index (χ3n) is 6.77. The van der Waals surface area contributed by atoms with E-state index in [4.69, 9.17) is 0 Å². The van der Waals surface area contributed by atoms with Gasteiger partial charge < -0.3 is 10.4 Å². The Morgan fingerprint density at radius 3 is 2.44 bits per heavy atom. The Hall–Kier alpha value is -2.38. The molecular formula is C25H29F3N2O2. The van der Waals surface area contributed by atoms with Crippen LogP contribution in [0.5, 0.6) is 0 Å². The van der Waals surface area contributed by atoms with Crippen molar-refractivity contribution in [2.75, 3.05) is 13.1 Å². The van der Waals surface area contributed by atoms with E-state index in [1.807, 2.05) is 6.07 Å². The van der Waals surface area contributed by atoms with Crippen molar-refractivity contribution in [3.8, 4) is 0 Å². The van der Waals surface area contributed by atoms with Gasteiger partial charge in [-0.1, -0.05) is 42.5 Å². The zero-order valence-electron chi connectivity index (χ0n) is 17.9. The molecule has 0 aromatic heterocycles. The number of aliphatic hydroxyl groups is 1. The predicted octanol–water partition coefficient (Wildman–Crippen LogP) is 4.23. The normalized spacial score (nSPS) is 23.6. The molecule has 2 aliphatic rings. The van der Waals surface area contributed by atoms with Crippen LogP contribution in [0.4, 0.5) is 13.2 Å². The second kappa shape index (κ2) is 9.24. The maximum absolute atomic E-state index is 13.9. The number of rotatable bonds is 6. The SMILES string of the molecule is O=C(NC1CCN(Cc2cccc(F)c2)CC1)C(O)(c1ccccc1)[C@@H]1CCC(F)(F)C1. The molecule has 2 aromatic carbocycles. The van der Waals surface area contributed by atoms with Crippen molar-refractivity contribution < 1.29 is 23.1 Å². The number of nitrogens with one attached hydrogen (secondary N) is 1. The molecule has 2 fully saturated rings. The zero-order chi connectivity index (χ0) is 22.8. The van der Waals surface area contributed by atoms with Crippen molar-refractivity contribution in [2.24, 2.45) is 5.92 Å². The molecule has 2 aromatic rings. The van der Waals surface area contributed by atoms with Gasteiger partial charge in [-0.15, -0.1) is 0 Å². The van der Waals surface area contributed by atoms with Crippen LogP contribution in [0.25, 0.3) is 0 Å². The first-order chi connectivity index (χ1) is 15.3. The number of hydrogen-bond donors (Lipinski definition) is 2. The molecule has 172 valence electrons. The molecule has 1 heterocycles. The van der Waals surface area contributed by atoms with E-state index in [1.165, 1.54) is 12.1 Å². The first kappa shape index (κ1) is 22.8. The monoisotopic (exact) mass is 446 g/mol.